The van der Waals surface area contributed by atoms with Crippen LogP contribution in [-0.2, 0) is 30.5 Å². The SMILES string of the molecule is C[C@H](OC(=O)[C@@H](C)N1C(=O)[C@H]2CC=CC[C@H]2C1=O)C(=O)NCc1ccccc1. The van der Waals surface area contributed by atoms with Crippen molar-refractivity contribution in [1.82, 2.24) is 10.2 Å². The van der Waals surface area contributed by atoms with Gasteiger partial charge in [-0.15, -0.1) is 0 Å². The first-order chi connectivity index (χ1) is 13.4. The molecule has 1 saturated heterocycles. The highest BCUT2D eigenvalue weighted by Gasteiger charge is 2.50. The molecule has 1 aliphatic carbocycles. The summed E-state index contributed by atoms with van der Waals surface area (Å²) in [5.74, 6) is -2.70. The minimum Gasteiger partial charge on any atom is -0.451 e. The van der Waals surface area contributed by atoms with E-state index in [1.165, 1.54) is 13.8 Å². The summed E-state index contributed by atoms with van der Waals surface area (Å²) < 4.78 is 5.21. The van der Waals surface area contributed by atoms with Crippen molar-refractivity contribution in [3.05, 3.63) is 48.0 Å². The molecule has 1 N–H and O–H groups in total. The van der Waals surface area contributed by atoms with Crippen LogP contribution < -0.4 is 5.32 Å². The summed E-state index contributed by atoms with van der Waals surface area (Å²) in [4.78, 5) is 50.8. The number of imide groups is 1. The highest BCUT2D eigenvalue weighted by atomic mass is 16.5. The van der Waals surface area contributed by atoms with E-state index in [4.69, 9.17) is 4.74 Å². The molecule has 0 saturated carbocycles. The number of nitrogens with one attached hydrogen (secondary N) is 1. The third-order valence-electron chi connectivity index (χ3n) is 5.24. The van der Waals surface area contributed by atoms with E-state index < -0.39 is 35.9 Å². The Morgan fingerprint density at radius 3 is 2.21 bits per heavy atom. The van der Waals surface area contributed by atoms with Crippen LogP contribution in [0.15, 0.2) is 42.5 Å². The molecular weight excluding hydrogens is 360 g/mol. The first-order valence-electron chi connectivity index (χ1n) is 9.44. The first kappa shape index (κ1) is 19.8. The van der Waals surface area contributed by atoms with Crippen molar-refractivity contribution in [1.29, 1.82) is 0 Å². The van der Waals surface area contributed by atoms with E-state index in [-0.39, 0.29) is 11.8 Å². The number of esters is 1. The highest BCUT2D eigenvalue weighted by molar-refractivity contribution is 6.08. The molecular formula is C21H24N2O5. The molecule has 0 unspecified atom stereocenters. The maximum Gasteiger partial charge on any atom is 0.329 e. The number of ether oxygens (including phenoxy) is 1. The standard InChI is InChI=1S/C21H24N2O5/c1-13(23-19(25)16-10-6-7-11-17(16)20(23)26)21(27)28-14(2)18(24)22-12-15-8-4-3-5-9-15/h3-9,13-14,16-17H,10-12H2,1-2H3,(H,22,24)/t13-,14+,16-,17+/m1/s1. The maximum absolute atomic E-state index is 12.6. The van der Waals surface area contributed by atoms with Crippen molar-refractivity contribution in [2.24, 2.45) is 11.8 Å². The summed E-state index contributed by atoms with van der Waals surface area (Å²) in [7, 11) is 0. The molecule has 1 aromatic carbocycles. The Labute approximate surface area is 163 Å². The van der Waals surface area contributed by atoms with Crippen molar-refractivity contribution in [2.45, 2.75) is 45.4 Å². The van der Waals surface area contributed by atoms with E-state index in [0.29, 0.717) is 19.4 Å². The molecule has 3 rings (SSSR count). The number of carbonyl (C=O) groups excluding carboxylic acids is 4. The van der Waals surface area contributed by atoms with Gasteiger partial charge >= 0.3 is 5.97 Å². The second-order valence-electron chi connectivity index (χ2n) is 7.16. The molecule has 28 heavy (non-hydrogen) atoms. The zero-order valence-corrected chi connectivity index (χ0v) is 16.0. The van der Waals surface area contributed by atoms with Gasteiger partial charge in [0.2, 0.25) is 11.8 Å². The molecule has 4 atom stereocenters. The van der Waals surface area contributed by atoms with Crippen LogP contribution in [0.4, 0.5) is 0 Å². The smallest absolute Gasteiger partial charge is 0.329 e. The van der Waals surface area contributed by atoms with Gasteiger partial charge in [0.05, 0.1) is 11.8 Å². The third kappa shape index (κ3) is 3.98. The van der Waals surface area contributed by atoms with E-state index in [1.807, 2.05) is 42.5 Å². The minimum atomic E-state index is -1.06. The quantitative estimate of drug-likeness (QED) is 0.457. The minimum absolute atomic E-state index is 0.316. The summed E-state index contributed by atoms with van der Waals surface area (Å²) >= 11 is 0. The van der Waals surface area contributed by atoms with Crippen molar-refractivity contribution >= 4 is 23.7 Å². The number of amides is 3. The van der Waals surface area contributed by atoms with Gasteiger partial charge in [-0.05, 0) is 32.3 Å². The first-order valence-corrected chi connectivity index (χ1v) is 9.44. The normalized spacial score (nSPS) is 23.1. The fraction of sp³-hybridized carbons (Fsp3) is 0.429. The predicted octanol–water partition coefficient (Wildman–Crippen LogP) is 1.57. The number of likely N-dealkylation sites (tertiary alicyclic amines) is 1. The Morgan fingerprint density at radius 1 is 1.07 bits per heavy atom. The number of carbonyl (C=O) groups is 4. The topological polar surface area (TPSA) is 92.8 Å². The summed E-state index contributed by atoms with van der Waals surface area (Å²) in [6, 6.07) is 8.29. The van der Waals surface area contributed by atoms with E-state index in [1.54, 1.807) is 0 Å². The predicted molar refractivity (Wildman–Crippen MR) is 101 cm³/mol. The monoisotopic (exact) mass is 384 g/mol. The van der Waals surface area contributed by atoms with E-state index in [0.717, 1.165) is 10.5 Å². The molecule has 1 aliphatic heterocycles. The van der Waals surface area contributed by atoms with Crippen LogP contribution >= 0.6 is 0 Å². The van der Waals surface area contributed by atoms with Gasteiger partial charge in [-0.2, -0.15) is 0 Å². The maximum atomic E-state index is 12.6. The molecule has 0 spiro atoms. The number of hydrogen-bond acceptors (Lipinski definition) is 5. The van der Waals surface area contributed by atoms with Crippen LogP contribution in [-0.4, -0.2) is 40.7 Å². The number of nitrogens with zero attached hydrogens (tertiary/aromatic N) is 1. The number of benzene rings is 1. The Hall–Kier alpha value is -2.96. The Morgan fingerprint density at radius 2 is 1.64 bits per heavy atom. The van der Waals surface area contributed by atoms with Crippen LogP contribution in [0.25, 0.3) is 0 Å². The van der Waals surface area contributed by atoms with E-state index in [9.17, 15) is 19.2 Å². The van der Waals surface area contributed by atoms with Crippen LogP contribution in [0.2, 0.25) is 0 Å². The lowest BCUT2D eigenvalue weighted by molar-refractivity contribution is -0.164. The van der Waals surface area contributed by atoms with Crippen LogP contribution in [0.1, 0.15) is 32.3 Å². The van der Waals surface area contributed by atoms with Gasteiger partial charge in [0, 0.05) is 6.54 Å². The van der Waals surface area contributed by atoms with Gasteiger partial charge in [-0.1, -0.05) is 42.5 Å². The van der Waals surface area contributed by atoms with E-state index >= 15 is 0 Å². The molecule has 0 aromatic heterocycles. The molecule has 1 heterocycles. The molecule has 2 aliphatic rings. The Balaban J connectivity index is 1.55. The molecule has 148 valence electrons. The molecule has 7 nitrogen and oxygen atoms in total. The summed E-state index contributed by atoms with van der Waals surface area (Å²) in [5, 5.41) is 2.70. The lowest BCUT2D eigenvalue weighted by atomic mass is 9.85. The molecule has 1 fully saturated rings. The molecule has 0 bridgehead atoms. The molecule has 0 radical (unpaired) electrons. The van der Waals surface area contributed by atoms with Gasteiger partial charge in [0.25, 0.3) is 5.91 Å². The number of rotatable bonds is 6. The van der Waals surface area contributed by atoms with Gasteiger partial charge in [0.1, 0.15) is 6.04 Å². The van der Waals surface area contributed by atoms with Crippen LogP contribution in [0.3, 0.4) is 0 Å². The lowest BCUT2D eigenvalue weighted by Gasteiger charge is -2.23. The van der Waals surface area contributed by atoms with E-state index in [2.05, 4.69) is 5.32 Å². The highest BCUT2D eigenvalue weighted by Crippen LogP contribution is 2.36. The summed E-state index contributed by atoms with van der Waals surface area (Å²) in [6.45, 7) is 3.23. The summed E-state index contributed by atoms with van der Waals surface area (Å²) in [6.07, 6.45) is 3.75. The van der Waals surface area contributed by atoms with Crippen LogP contribution in [0, 0.1) is 11.8 Å². The van der Waals surface area contributed by atoms with Crippen molar-refractivity contribution in [3.8, 4) is 0 Å². The second-order valence-corrected chi connectivity index (χ2v) is 7.16. The third-order valence-corrected chi connectivity index (χ3v) is 5.24. The fourth-order valence-corrected chi connectivity index (χ4v) is 3.57. The molecule has 7 heteroatoms. The molecule has 1 aromatic rings. The van der Waals surface area contributed by atoms with Gasteiger partial charge in [0.15, 0.2) is 6.10 Å². The second kappa shape index (κ2) is 8.37. The Kier molecular flexibility index (Phi) is 5.92. The van der Waals surface area contributed by atoms with Gasteiger partial charge in [-0.3, -0.25) is 19.3 Å². The van der Waals surface area contributed by atoms with Crippen molar-refractivity contribution < 1.29 is 23.9 Å². The van der Waals surface area contributed by atoms with Gasteiger partial charge in [-0.25, -0.2) is 4.79 Å². The average molecular weight is 384 g/mol. The number of hydrogen-bond donors (Lipinski definition) is 1. The van der Waals surface area contributed by atoms with Crippen molar-refractivity contribution in [2.75, 3.05) is 0 Å². The Bertz CT molecular complexity index is 778. The van der Waals surface area contributed by atoms with Crippen LogP contribution in [0.5, 0.6) is 0 Å². The zero-order valence-electron chi connectivity index (χ0n) is 16.0. The lowest BCUT2D eigenvalue weighted by Crippen LogP contribution is -2.46. The fourth-order valence-electron chi connectivity index (χ4n) is 3.57. The number of fused-ring (bicyclic) bond motifs is 1. The average Bonchev–Trinajstić information content (AvgIpc) is 2.97. The number of allylic oxidation sites excluding steroid dienone is 2. The molecule has 3 amide bonds. The zero-order chi connectivity index (χ0) is 20.3. The van der Waals surface area contributed by atoms with Gasteiger partial charge < -0.3 is 10.1 Å². The largest absolute Gasteiger partial charge is 0.451 e. The summed E-state index contributed by atoms with van der Waals surface area (Å²) in [5.41, 5.74) is 0.923. The van der Waals surface area contributed by atoms with Crippen molar-refractivity contribution in [3.63, 3.8) is 0 Å².